The normalized spacial score (nSPS) is 15.0. The molecule has 1 aromatic rings. The number of H-pyrrole nitrogens is 1. The van der Waals surface area contributed by atoms with Crippen LogP contribution < -0.4 is 32.3 Å². The van der Waals surface area contributed by atoms with Gasteiger partial charge in [-0.2, -0.15) is 0 Å². The van der Waals surface area contributed by atoms with E-state index in [1.807, 2.05) is 5.32 Å². The van der Waals surface area contributed by atoms with E-state index < -0.39 is 96.5 Å². The summed E-state index contributed by atoms with van der Waals surface area (Å²) >= 11 is 0. The van der Waals surface area contributed by atoms with Crippen molar-refractivity contribution < 1.29 is 53.7 Å². The molecule has 5 amide bonds. The number of imidazole rings is 1. The summed E-state index contributed by atoms with van der Waals surface area (Å²) in [6, 6.07) is -8.42. The van der Waals surface area contributed by atoms with Gasteiger partial charge in [0.2, 0.25) is 29.5 Å². The molecular formula is C23H34N8O11. The number of aliphatic carboxylic acids is 3. The topological polar surface area (TPSA) is 312 Å². The molecule has 1 rings (SSSR count). The molecule has 0 fully saturated rings. The maximum absolute atomic E-state index is 12.8. The fourth-order valence-electron chi connectivity index (χ4n) is 3.22. The van der Waals surface area contributed by atoms with Gasteiger partial charge in [-0.25, -0.2) is 4.98 Å². The van der Waals surface area contributed by atoms with E-state index >= 15 is 0 Å². The molecule has 0 aromatic carbocycles. The Kier molecular flexibility index (Phi) is 13.5. The van der Waals surface area contributed by atoms with Crippen LogP contribution in [0, 0.1) is 0 Å². The largest absolute Gasteiger partial charge is 0.481 e. The number of carboxylic acid groups (broad SMARTS) is 3. The zero-order valence-electron chi connectivity index (χ0n) is 22.9. The highest BCUT2D eigenvalue weighted by molar-refractivity contribution is 5.97. The van der Waals surface area contributed by atoms with Crippen LogP contribution in [-0.2, 0) is 44.8 Å². The molecule has 1 aromatic heterocycles. The van der Waals surface area contributed by atoms with Gasteiger partial charge in [0.05, 0.1) is 25.2 Å². The Labute approximate surface area is 238 Å². The van der Waals surface area contributed by atoms with Gasteiger partial charge < -0.3 is 52.6 Å². The molecule has 0 aliphatic rings. The fraction of sp³-hybridized carbons (Fsp3) is 0.522. The Morgan fingerprint density at radius 3 is 1.69 bits per heavy atom. The maximum atomic E-state index is 12.8. The minimum Gasteiger partial charge on any atom is -0.481 e. The minimum absolute atomic E-state index is 0.0934. The second-order valence-corrected chi connectivity index (χ2v) is 9.23. The molecule has 0 aliphatic carbocycles. The summed E-state index contributed by atoms with van der Waals surface area (Å²) in [5.41, 5.74) is 5.87. The molecule has 0 radical (unpaired) electrons. The lowest BCUT2D eigenvalue weighted by Crippen LogP contribution is -2.58. The Balaban J connectivity index is 2.84. The van der Waals surface area contributed by atoms with Crippen LogP contribution in [0.2, 0.25) is 0 Å². The van der Waals surface area contributed by atoms with E-state index in [1.54, 1.807) is 0 Å². The average molecular weight is 599 g/mol. The number of rotatable bonds is 17. The molecule has 6 atom stereocenters. The van der Waals surface area contributed by atoms with Crippen LogP contribution in [-0.4, -0.2) is 109 Å². The molecule has 0 saturated carbocycles. The van der Waals surface area contributed by atoms with Crippen molar-refractivity contribution in [3.63, 3.8) is 0 Å². The molecule has 0 unspecified atom stereocenters. The number of nitrogens with two attached hydrogens (primary N) is 1. The number of amides is 5. The third-order valence-electron chi connectivity index (χ3n) is 5.59. The number of carbonyl (C=O) groups is 8. The molecule has 0 aliphatic heterocycles. The van der Waals surface area contributed by atoms with Crippen LogP contribution in [0.25, 0.3) is 0 Å². The van der Waals surface area contributed by atoms with Gasteiger partial charge in [-0.1, -0.05) is 0 Å². The standard InChI is InChI=1S/C23H34N8O11/c1-9(28-22(40)15(6-17(34)35)31-20(38)13(24)5-16(32)33)18(36)27-10(2)19(37)30-14(4-12-7-25-8-26-12)21(39)29-11(3)23(41)42/h7-11,13-15H,4-6,24H2,1-3H3,(H,25,26)(H,27,36)(H,28,40)(H,29,39)(H,30,37)(H,31,38)(H,32,33)(H,34,35)(H,41,42)/t9-,10-,11-,13-,14-,15-/m0/s1. The lowest BCUT2D eigenvalue weighted by atomic mass is 10.1. The van der Waals surface area contributed by atoms with Crippen LogP contribution in [0.1, 0.15) is 39.3 Å². The van der Waals surface area contributed by atoms with Crippen molar-refractivity contribution in [2.75, 3.05) is 0 Å². The van der Waals surface area contributed by atoms with E-state index in [9.17, 15) is 38.4 Å². The quantitative estimate of drug-likeness (QED) is 0.0814. The summed E-state index contributed by atoms with van der Waals surface area (Å²) in [5, 5.41) is 38.1. The summed E-state index contributed by atoms with van der Waals surface area (Å²) in [4.78, 5) is 102. The Bertz CT molecular complexity index is 1170. The van der Waals surface area contributed by atoms with E-state index in [0.29, 0.717) is 5.69 Å². The summed E-state index contributed by atoms with van der Waals surface area (Å²) in [5.74, 6) is -8.96. The summed E-state index contributed by atoms with van der Waals surface area (Å²) in [6.07, 6.45) is 0.938. The molecule has 0 spiro atoms. The smallest absolute Gasteiger partial charge is 0.325 e. The van der Waals surface area contributed by atoms with E-state index in [-0.39, 0.29) is 6.42 Å². The van der Waals surface area contributed by atoms with Crippen LogP contribution in [0.15, 0.2) is 12.5 Å². The van der Waals surface area contributed by atoms with Gasteiger partial charge in [-0.05, 0) is 20.8 Å². The molecular weight excluding hydrogens is 564 g/mol. The highest BCUT2D eigenvalue weighted by atomic mass is 16.4. The first-order valence-electron chi connectivity index (χ1n) is 12.4. The van der Waals surface area contributed by atoms with Crippen molar-refractivity contribution in [2.45, 2.75) is 76.3 Å². The van der Waals surface area contributed by atoms with E-state index in [4.69, 9.17) is 21.1 Å². The molecule has 11 N–H and O–H groups in total. The number of aromatic amines is 1. The van der Waals surface area contributed by atoms with E-state index in [1.165, 1.54) is 33.3 Å². The van der Waals surface area contributed by atoms with Crippen molar-refractivity contribution in [1.29, 1.82) is 0 Å². The molecule has 19 heteroatoms. The van der Waals surface area contributed by atoms with Crippen molar-refractivity contribution in [3.05, 3.63) is 18.2 Å². The zero-order chi connectivity index (χ0) is 32.1. The Morgan fingerprint density at radius 2 is 1.19 bits per heavy atom. The lowest BCUT2D eigenvalue weighted by Gasteiger charge is -2.24. The summed E-state index contributed by atoms with van der Waals surface area (Å²) in [7, 11) is 0. The van der Waals surface area contributed by atoms with Gasteiger partial charge in [0.15, 0.2) is 0 Å². The van der Waals surface area contributed by atoms with E-state index in [2.05, 4.69) is 31.2 Å². The number of carbonyl (C=O) groups excluding carboxylic acids is 5. The zero-order valence-corrected chi connectivity index (χ0v) is 22.9. The van der Waals surface area contributed by atoms with Gasteiger partial charge in [0, 0.05) is 18.3 Å². The van der Waals surface area contributed by atoms with Gasteiger partial charge >= 0.3 is 17.9 Å². The van der Waals surface area contributed by atoms with Gasteiger partial charge in [-0.15, -0.1) is 0 Å². The average Bonchev–Trinajstić information content (AvgIpc) is 3.39. The minimum atomic E-state index is -1.71. The van der Waals surface area contributed by atoms with Crippen LogP contribution in [0.4, 0.5) is 0 Å². The second kappa shape index (κ2) is 16.3. The van der Waals surface area contributed by atoms with Crippen molar-refractivity contribution in [1.82, 2.24) is 36.6 Å². The number of aromatic nitrogens is 2. The number of carboxylic acids is 3. The third kappa shape index (κ3) is 12.0. The first-order valence-corrected chi connectivity index (χ1v) is 12.4. The SMILES string of the molecule is C[C@H](NC(=O)[C@H](Cc1cnc[nH]1)NC(=O)[C@H](C)NC(=O)[C@H](C)NC(=O)[C@H](CC(=O)O)NC(=O)[C@@H](N)CC(=O)O)C(=O)O. The highest BCUT2D eigenvalue weighted by Crippen LogP contribution is 2.02. The van der Waals surface area contributed by atoms with Crippen molar-refractivity contribution in [2.24, 2.45) is 5.73 Å². The first-order chi connectivity index (χ1) is 19.5. The first kappa shape index (κ1) is 35.0. The second-order valence-electron chi connectivity index (χ2n) is 9.23. The Morgan fingerprint density at radius 1 is 0.714 bits per heavy atom. The molecule has 232 valence electrons. The number of nitrogens with one attached hydrogen (secondary N) is 6. The summed E-state index contributed by atoms with van der Waals surface area (Å²) < 4.78 is 0. The maximum Gasteiger partial charge on any atom is 0.325 e. The van der Waals surface area contributed by atoms with E-state index in [0.717, 1.165) is 0 Å². The number of hydrogen-bond donors (Lipinski definition) is 10. The lowest BCUT2D eigenvalue weighted by molar-refractivity contribution is -0.142. The fourth-order valence-corrected chi connectivity index (χ4v) is 3.22. The van der Waals surface area contributed by atoms with Crippen molar-refractivity contribution in [3.8, 4) is 0 Å². The van der Waals surface area contributed by atoms with Crippen LogP contribution in [0.3, 0.4) is 0 Å². The predicted molar refractivity (Wildman–Crippen MR) is 139 cm³/mol. The molecule has 0 bridgehead atoms. The number of hydrogen-bond acceptors (Lipinski definition) is 10. The highest BCUT2D eigenvalue weighted by Gasteiger charge is 2.31. The molecule has 0 saturated heterocycles. The monoisotopic (exact) mass is 598 g/mol. The van der Waals surface area contributed by atoms with Gasteiger partial charge in [-0.3, -0.25) is 38.4 Å². The van der Waals surface area contributed by atoms with Gasteiger partial charge in [0.25, 0.3) is 0 Å². The molecule has 19 nitrogen and oxygen atoms in total. The molecule has 42 heavy (non-hydrogen) atoms. The predicted octanol–water partition coefficient (Wildman–Crippen LogP) is -4.20. The van der Waals surface area contributed by atoms with Crippen LogP contribution in [0.5, 0.6) is 0 Å². The number of nitrogens with zero attached hydrogens (tertiary/aromatic N) is 1. The van der Waals surface area contributed by atoms with Crippen molar-refractivity contribution >= 4 is 47.4 Å². The van der Waals surface area contributed by atoms with Gasteiger partial charge in [0.1, 0.15) is 30.2 Å². The third-order valence-corrected chi connectivity index (χ3v) is 5.59. The molecule has 1 heterocycles. The Hall–Kier alpha value is -5.07. The van der Waals surface area contributed by atoms with Crippen LogP contribution >= 0.6 is 0 Å². The summed E-state index contributed by atoms with van der Waals surface area (Å²) in [6.45, 7) is 3.70.